The van der Waals surface area contributed by atoms with E-state index >= 15 is 0 Å². The Morgan fingerprint density at radius 3 is 2.50 bits per heavy atom. The lowest BCUT2D eigenvalue weighted by molar-refractivity contribution is 0.628. The van der Waals surface area contributed by atoms with Gasteiger partial charge < -0.3 is 5.32 Å². The Labute approximate surface area is 105 Å². The molecule has 1 aromatic heterocycles. The number of nitriles is 1. The Hall–Kier alpha value is -2.41. The summed E-state index contributed by atoms with van der Waals surface area (Å²) < 4.78 is 12.8. The number of pyridine rings is 1. The van der Waals surface area contributed by atoms with Gasteiger partial charge in [-0.25, -0.2) is 4.39 Å². The number of anilines is 2. The predicted molar refractivity (Wildman–Crippen MR) is 68.1 cm³/mol. The Bertz CT molecular complexity index is 612. The first-order valence-corrected chi connectivity index (χ1v) is 5.51. The van der Waals surface area contributed by atoms with Crippen LogP contribution in [-0.2, 0) is 0 Å². The van der Waals surface area contributed by atoms with Gasteiger partial charge in [0.2, 0.25) is 0 Å². The van der Waals surface area contributed by atoms with Crippen molar-refractivity contribution in [1.82, 2.24) is 4.98 Å². The van der Waals surface area contributed by atoms with Gasteiger partial charge >= 0.3 is 0 Å². The number of nitrogens with one attached hydrogen (secondary N) is 1. The van der Waals surface area contributed by atoms with Gasteiger partial charge in [0.1, 0.15) is 11.9 Å². The molecule has 0 saturated carbocycles. The van der Waals surface area contributed by atoms with Gasteiger partial charge in [0.05, 0.1) is 16.9 Å². The molecule has 0 radical (unpaired) electrons. The van der Waals surface area contributed by atoms with Crippen molar-refractivity contribution in [2.45, 2.75) is 13.8 Å². The lowest BCUT2D eigenvalue weighted by Gasteiger charge is -2.10. The Morgan fingerprint density at radius 1 is 1.22 bits per heavy atom. The maximum atomic E-state index is 12.8. The van der Waals surface area contributed by atoms with Crippen LogP contribution in [-0.4, -0.2) is 4.98 Å². The van der Waals surface area contributed by atoms with E-state index in [2.05, 4.69) is 16.4 Å². The fraction of sp³-hybridized carbons (Fsp3) is 0.143. The third-order valence-electron chi connectivity index (χ3n) is 2.56. The van der Waals surface area contributed by atoms with Crippen LogP contribution in [0.3, 0.4) is 0 Å². The standard InChI is InChI=1S/C14H12FN3/c1-9-7-14(13(8-16)10(2)17-9)18-12-5-3-11(15)4-6-12/h3-7H,1-2H3,(H,17,18). The largest absolute Gasteiger partial charge is 0.354 e. The highest BCUT2D eigenvalue weighted by Gasteiger charge is 2.08. The molecule has 0 amide bonds. The van der Waals surface area contributed by atoms with Crippen molar-refractivity contribution in [3.8, 4) is 6.07 Å². The second-order valence-corrected chi connectivity index (χ2v) is 4.02. The van der Waals surface area contributed by atoms with E-state index < -0.39 is 0 Å². The fourth-order valence-electron chi connectivity index (χ4n) is 1.76. The Kier molecular flexibility index (Phi) is 3.24. The minimum Gasteiger partial charge on any atom is -0.354 e. The van der Waals surface area contributed by atoms with E-state index in [1.165, 1.54) is 12.1 Å². The van der Waals surface area contributed by atoms with Gasteiger partial charge in [-0.1, -0.05) is 0 Å². The van der Waals surface area contributed by atoms with Gasteiger partial charge in [0.15, 0.2) is 0 Å². The van der Waals surface area contributed by atoms with E-state index in [9.17, 15) is 4.39 Å². The summed E-state index contributed by atoms with van der Waals surface area (Å²) in [6.45, 7) is 3.66. The molecular formula is C14H12FN3. The highest BCUT2D eigenvalue weighted by atomic mass is 19.1. The quantitative estimate of drug-likeness (QED) is 0.876. The van der Waals surface area contributed by atoms with E-state index in [4.69, 9.17) is 5.26 Å². The van der Waals surface area contributed by atoms with Crippen LogP contribution in [0.15, 0.2) is 30.3 Å². The minimum atomic E-state index is -0.289. The van der Waals surface area contributed by atoms with Gasteiger partial charge in [-0.05, 0) is 44.2 Å². The molecule has 0 spiro atoms. The normalized spacial score (nSPS) is 9.89. The number of aromatic nitrogens is 1. The van der Waals surface area contributed by atoms with E-state index in [0.29, 0.717) is 16.9 Å². The molecule has 1 aromatic carbocycles. The summed E-state index contributed by atoms with van der Waals surface area (Å²) in [4.78, 5) is 4.24. The molecular weight excluding hydrogens is 229 g/mol. The maximum absolute atomic E-state index is 12.8. The summed E-state index contributed by atoms with van der Waals surface area (Å²) in [7, 11) is 0. The lowest BCUT2D eigenvalue weighted by Crippen LogP contribution is -1.99. The number of rotatable bonds is 2. The van der Waals surface area contributed by atoms with Crippen LogP contribution in [0.5, 0.6) is 0 Å². The summed E-state index contributed by atoms with van der Waals surface area (Å²) in [5.41, 5.74) is 3.44. The highest BCUT2D eigenvalue weighted by Crippen LogP contribution is 2.23. The van der Waals surface area contributed by atoms with Crippen LogP contribution >= 0.6 is 0 Å². The molecule has 0 aliphatic rings. The smallest absolute Gasteiger partial charge is 0.123 e. The number of benzene rings is 1. The topological polar surface area (TPSA) is 48.7 Å². The zero-order chi connectivity index (χ0) is 13.1. The van der Waals surface area contributed by atoms with Crippen LogP contribution < -0.4 is 5.32 Å². The first kappa shape index (κ1) is 12.1. The van der Waals surface area contributed by atoms with Crippen LogP contribution in [0.1, 0.15) is 17.0 Å². The summed E-state index contributed by atoms with van der Waals surface area (Å²) in [5, 5.41) is 12.2. The predicted octanol–water partition coefficient (Wildman–Crippen LogP) is 3.45. The Balaban J connectivity index is 2.40. The second kappa shape index (κ2) is 4.84. The van der Waals surface area contributed by atoms with E-state index in [0.717, 1.165) is 11.4 Å². The van der Waals surface area contributed by atoms with E-state index in [-0.39, 0.29) is 5.82 Å². The third-order valence-corrected chi connectivity index (χ3v) is 2.56. The van der Waals surface area contributed by atoms with Gasteiger partial charge in [-0.3, -0.25) is 4.98 Å². The molecule has 4 heteroatoms. The first-order chi connectivity index (χ1) is 8.60. The van der Waals surface area contributed by atoms with Crippen LogP contribution in [0.2, 0.25) is 0 Å². The van der Waals surface area contributed by atoms with Crippen molar-refractivity contribution in [2.75, 3.05) is 5.32 Å². The van der Waals surface area contributed by atoms with Gasteiger partial charge in [0.25, 0.3) is 0 Å². The van der Waals surface area contributed by atoms with Gasteiger partial charge in [0, 0.05) is 11.4 Å². The van der Waals surface area contributed by atoms with Gasteiger partial charge in [-0.15, -0.1) is 0 Å². The Morgan fingerprint density at radius 2 is 1.89 bits per heavy atom. The molecule has 1 heterocycles. The molecule has 0 atom stereocenters. The average molecular weight is 241 g/mol. The van der Waals surface area contributed by atoms with E-state index in [1.54, 1.807) is 25.1 Å². The van der Waals surface area contributed by atoms with E-state index in [1.807, 2.05) is 6.92 Å². The number of hydrogen-bond donors (Lipinski definition) is 1. The number of aryl methyl sites for hydroxylation is 2. The zero-order valence-corrected chi connectivity index (χ0v) is 10.2. The van der Waals surface area contributed by atoms with Crippen molar-refractivity contribution < 1.29 is 4.39 Å². The molecule has 2 rings (SSSR count). The summed E-state index contributed by atoms with van der Waals surface area (Å²) in [5.74, 6) is -0.289. The zero-order valence-electron chi connectivity index (χ0n) is 10.2. The molecule has 18 heavy (non-hydrogen) atoms. The monoisotopic (exact) mass is 241 g/mol. The van der Waals surface area contributed by atoms with Crippen LogP contribution in [0.4, 0.5) is 15.8 Å². The van der Waals surface area contributed by atoms with Crippen molar-refractivity contribution in [3.63, 3.8) is 0 Å². The van der Waals surface area contributed by atoms with Crippen molar-refractivity contribution in [1.29, 1.82) is 5.26 Å². The number of nitrogens with zero attached hydrogens (tertiary/aromatic N) is 2. The van der Waals surface area contributed by atoms with Gasteiger partial charge in [-0.2, -0.15) is 5.26 Å². The first-order valence-electron chi connectivity index (χ1n) is 5.51. The molecule has 0 saturated heterocycles. The summed E-state index contributed by atoms with van der Waals surface area (Å²) in [6, 6.07) is 9.92. The third kappa shape index (κ3) is 2.46. The lowest BCUT2D eigenvalue weighted by atomic mass is 10.1. The van der Waals surface area contributed by atoms with Crippen LogP contribution in [0.25, 0.3) is 0 Å². The maximum Gasteiger partial charge on any atom is 0.123 e. The number of hydrogen-bond acceptors (Lipinski definition) is 3. The molecule has 3 nitrogen and oxygen atoms in total. The molecule has 0 aliphatic heterocycles. The van der Waals surface area contributed by atoms with Crippen molar-refractivity contribution >= 4 is 11.4 Å². The molecule has 0 bridgehead atoms. The molecule has 2 aromatic rings. The average Bonchev–Trinajstić information content (AvgIpc) is 2.32. The van der Waals surface area contributed by atoms with Crippen molar-refractivity contribution in [3.05, 3.63) is 53.1 Å². The summed E-state index contributed by atoms with van der Waals surface area (Å²) >= 11 is 0. The number of halogens is 1. The molecule has 1 N–H and O–H groups in total. The van der Waals surface area contributed by atoms with Crippen LogP contribution in [0, 0.1) is 31.0 Å². The second-order valence-electron chi connectivity index (χ2n) is 4.02. The molecule has 0 unspecified atom stereocenters. The SMILES string of the molecule is Cc1cc(Nc2ccc(F)cc2)c(C#N)c(C)n1. The molecule has 0 fully saturated rings. The minimum absolute atomic E-state index is 0.289. The van der Waals surface area contributed by atoms with Crippen molar-refractivity contribution in [2.24, 2.45) is 0 Å². The fourth-order valence-corrected chi connectivity index (χ4v) is 1.76. The molecule has 0 aliphatic carbocycles. The summed E-state index contributed by atoms with van der Waals surface area (Å²) in [6.07, 6.45) is 0. The highest BCUT2D eigenvalue weighted by molar-refractivity contribution is 5.67. The molecule has 90 valence electrons.